The monoisotopic (exact) mass is 318 g/mol. The molecule has 0 aromatic heterocycles. The van der Waals surface area contributed by atoms with Gasteiger partial charge in [-0.15, -0.1) is 0 Å². The molecule has 0 radical (unpaired) electrons. The molecule has 0 spiro atoms. The first-order valence-corrected chi connectivity index (χ1v) is 8.31. The van der Waals surface area contributed by atoms with Gasteiger partial charge >= 0.3 is 0 Å². The molecule has 1 amide bonds. The Morgan fingerprint density at radius 1 is 1.40 bits per heavy atom. The van der Waals surface area contributed by atoms with E-state index in [0.717, 1.165) is 0 Å². The van der Waals surface area contributed by atoms with Gasteiger partial charge in [-0.1, -0.05) is 11.6 Å². The van der Waals surface area contributed by atoms with Crippen molar-refractivity contribution in [2.45, 2.75) is 12.5 Å². The molecule has 2 aliphatic rings. The molecule has 0 saturated carbocycles. The maximum Gasteiger partial charge on any atom is 0.243 e. The summed E-state index contributed by atoms with van der Waals surface area (Å²) in [5.41, 5.74) is 0.894. The zero-order valence-corrected chi connectivity index (χ0v) is 12.0. The number of nitrogens with one attached hydrogen (secondary N) is 1. The van der Waals surface area contributed by atoms with E-state index in [2.05, 4.69) is 5.32 Å². The van der Waals surface area contributed by atoms with Crippen LogP contribution >= 0.6 is 11.6 Å². The molecule has 3 rings (SSSR count). The lowest BCUT2D eigenvalue weighted by atomic mass is 10.1. The fourth-order valence-corrected chi connectivity index (χ4v) is 4.55. The maximum atomic E-state index is 13.6. The van der Waals surface area contributed by atoms with Gasteiger partial charge < -0.3 is 10.2 Å². The zero-order valence-electron chi connectivity index (χ0n) is 10.4. The molecule has 1 N–H and O–H groups in total. The number of rotatable bonds is 1. The van der Waals surface area contributed by atoms with E-state index in [1.54, 1.807) is 4.90 Å². The van der Waals surface area contributed by atoms with E-state index < -0.39 is 15.7 Å². The number of hydrogen-bond acceptors (Lipinski definition) is 4. The van der Waals surface area contributed by atoms with E-state index in [-0.39, 0.29) is 35.0 Å². The number of nitrogens with zero attached hydrogens (tertiary/aromatic N) is 1. The molecule has 8 heteroatoms. The Morgan fingerprint density at radius 2 is 2.15 bits per heavy atom. The van der Waals surface area contributed by atoms with Crippen LogP contribution in [0.2, 0.25) is 5.02 Å². The first kappa shape index (κ1) is 13.6. The summed E-state index contributed by atoms with van der Waals surface area (Å²) in [5, 5.41) is 2.54. The molecular formula is C12H12ClFN2O3S. The van der Waals surface area contributed by atoms with Crippen LogP contribution in [0.1, 0.15) is 6.42 Å². The van der Waals surface area contributed by atoms with Gasteiger partial charge in [0.25, 0.3) is 0 Å². The van der Waals surface area contributed by atoms with Crippen LogP contribution in [0.25, 0.3) is 0 Å². The Bertz CT molecular complexity index is 692. The summed E-state index contributed by atoms with van der Waals surface area (Å²) >= 11 is 5.71. The van der Waals surface area contributed by atoms with Crippen LogP contribution in [-0.4, -0.2) is 38.4 Å². The third-order valence-corrected chi connectivity index (χ3v) is 5.63. The molecule has 1 saturated heterocycles. The van der Waals surface area contributed by atoms with Gasteiger partial charge in [0.05, 0.1) is 34.4 Å². The molecule has 1 atom stereocenters. The molecule has 0 bridgehead atoms. The highest BCUT2D eigenvalue weighted by atomic mass is 35.5. The van der Waals surface area contributed by atoms with Crippen LogP contribution in [0.15, 0.2) is 12.1 Å². The molecule has 5 nitrogen and oxygen atoms in total. The third kappa shape index (κ3) is 2.35. The molecule has 1 aromatic rings. The topological polar surface area (TPSA) is 66.5 Å². The molecule has 1 aromatic carbocycles. The zero-order chi connectivity index (χ0) is 14.5. The second-order valence-electron chi connectivity index (χ2n) is 5.02. The van der Waals surface area contributed by atoms with Crippen molar-refractivity contribution < 1.29 is 17.6 Å². The molecular weight excluding hydrogens is 307 g/mol. The quantitative estimate of drug-likeness (QED) is 0.850. The van der Waals surface area contributed by atoms with Crippen molar-refractivity contribution in [3.8, 4) is 0 Å². The molecule has 108 valence electrons. The Hall–Kier alpha value is -1.34. The summed E-state index contributed by atoms with van der Waals surface area (Å²) in [6.45, 7) is 0.0221. The highest BCUT2D eigenvalue weighted by Gasteiger charge is 2.36. The normalized spacial score (nSPS) is 24.4. The van der Waals surface area contributed by atoms with Crippen LogP contribution in [-0.2, 0) is 14.6 Å². The smallest absolute Gasteiger partial charge is 0.243 e. The molecule has 0 aliphatic carbocycles. The van der Waals surface area contributed by atoms with E-state index in [0.29, 0.717) is 17.8 Å². The minimum absolute atomic E-state index is 0.00995. The van der Waals surface area contributed by atoms with Crippen LogP contribution in [0.4, 0.5) is 15.8 Å². The van der Waals surface area contributed by atoms with E-state index in [4.69, 9.17) is 11.6 Å². The summed E-state index contributed by atoms with van der Waals surface area (Å²) in [4.78, 5) is 13.4. The average molecular weight is 319 g/mol. The van der Waals surface area contributed by atoms with Crippen molar-refractivity contribution in [1.82, 2.24) is 0 Å². The van der Waals surface area contributed by atoms with E-state index in [9.17, 15) is 17.6 Å². The van der Waals surface area contributed by atoms with Crippen molar-refractivity contribution >= 4 is 38.7 Å². The van der Waals surface area contributed by atoms with Crippen molar-refractivity contribution in [2.24, 2.45) is 0 Å². The second kappa shape index (κ2) is 4.60. The number of sulfone groups is 1. The summed E-state index contributed by atoms with van der Waals surface area (Å²) in [6, 6.07) is 2.28. The van der Waals surface area contributed by atoms with Gasteiger partial charge in [0.15, 0.2) is 9.84 Å². The van der Waals surface area contributed by atoms with Crippen molar-refractivity contribution in [3.63, 3.8) is 0 Å². The van der Waals surface area contributed by atoms with Gasteiger partial charge in [-0.3, -0.25) is 4.79 Å². The van der Waals surface area contributed by atoms with Crippen LogP contribution < -0.4 is 10.2 Å². The fourth-order valence-electron chi connectivity index (χ4n) is 2.65. The highest BCUT2D eigenvalue weighted by molar-refractivity contribution is 7.91. The predicted octanol–water partition coefficient (Wildman–Crippen LogP) is 1.42. The molecule has 1 unspecified atom stereocenters. The third-order valence-electron chi connectivity index (χ3n) is 3.59. The fraction of sp³-hybridized carbons (Fsp3) is 0.417. The summed E-state index contributed by atoms with van der Waals surface area (Å²) in [5.74, 6) is -0.762. The number of carbonyl (C=O) groups is 1. The lowest BCUT2D eigenvalue weighted by Crippen LogP contribution is -2.45. The van der Waals surface area contributed by atoms with Crippen molar-refractivity contribution in [1.29, 1.82) is 0 Å². The van der Waals surface area contributed by atoms with Crippen LogP contribution in [0.3, 0.4) is 0 Å². The van der Waals surface area contributed by atoms with Crippen molar-refractivity contribution in [2.75, 3.05) is 28.3 Å². The predicted molar refractivity (Wildman–Crippen MR) is 74.4 cm³/mol. The van der Waals surface area contributed by atoms with E-state index >= 15 is 0 Å². The van der Waals surface area contributed by atoms with Gasteiger partial charge in [-0.2, -0.15) is 0 Å². The lowest BCUT2D eigenvalue weighted by Gasteiger charge is -2.35. The standard InChI is InChI=1S/C12H12ClFN2O3S/c13-8-3-10-11(4-9(8)14)16(5-12(17)15-10)7-1-2-20(18,19)6-7/h3-4,7H,1-2,5-6H2,(H,15,17). The molecule has 20 heavy (non-hydrogen) atoms. The number of amides is 1. The largest absolute Gasteiger partial charge is 0.356 e. The summed E-state index contributed by atoms with van der Waals surface area (Å²) in [6.07, 6.45) is 0.444. The van der Waals surface area contributed by atoms with Gasteiger partial charge in [0.2, 0.25) is 5.91 Å². The minimum Gasteiger partial charge on any atom is -0.356 e. The molecule has 2 heterocycles. The van der Waals surface area contributed by atoms with Gasteiger partial charge in [0.1, 0.15) is 5.82 Å². The first-order valence-electron chi connectivity index (χ1n) is 6.12. The SMILES string of the molecule is O=C1CN(C2CCS(=O)(=O)C2)c2cc(F)c(Cl)cc2N1. The highest BCUT2D eigenvalue weighted by Crippen LogP contribution is 2.36. The Labute approximate surface area is 120 Å². The summed E-state index contributed by atoms with van der Waals surface area (Å²) in [7, 11) is -3.08. The van der Waals surface area contributed by atoms with E-state index in [1.165, 1.54) is 12.1 Å². The maximum absolute atomic E-state index is 13.6. The van der Waals surface area contributed by atoms with Crippen molar-refractivity contribution in [3.05, 3.63) is 23.0 Å². The van der Waals surface area contributed by atoms with Gasteiger partial charge in [0, 0.05) is 12.1 Å². The Morgan fingerprint density at radius 3 is 2.80 bits per heavy atom. The number of halogens is 2. The second-order valence-corrected chi connectivity index (χ2v) is 7.65. The number of benzene rings is 1. The Kier molecular flexibility index (Phi) is 3.13. The van der Waals surface area contributed by atoms with Crippen LogP contribution in [0, 0.1) is 5.82 Å². The number of hydrogen-bond donors (Lipinski definition) is 1. The average Bonchev–Trinajstić information content (AvgIpc) is 2.71. The number of anilines is 2. The number of fused-ring (bicyclic) bond motifs is 1. The van der Waals surface area contributed by atoms with E-state index in [1.807, 2.05) is 0 Å². The Balaban J connectivity index is 2.02. The lowest BCUT2D eigenvalue weighted by molar-refractivity contribution is -0.115. The first-order chi connectivity index (χ1) is 9.35. The van der Waals surface area contributed by atoms with Gasteiger partial charge in [-0.05, 0) is 12.5 Å². The summed E-state index contributed by atoms with van der Waals surface area (Å²) < 4.78 is 36.8. The molecule has 1 fully saturated rings. The van der Waals surface area contributed by atoms with Crippen LogP contribution in [0.5, 0.6) is 0 Å². The van der Waals surface area contributed by atoms with Gasteiger partial charge in [-0.25, -0.2) is 12.8 Å². The number of carbonyl (C=O) groups excluding carboxylic acids is 1. The molecule has 2 aliphatic heterocycles. The minimum atomic E-state index is -3.08.